The SMILES string of the molecule is CCOC(=O)CCCc1cccc2ccc(Cl)cc12. The van der Waals surface area contributed by atoms with Gasteiger partial charge in [-0.3, -0.25) is 4.79 Å². The van der Waals surface area contributed by atoms with Crippen LogP contribution in [-0.4, -0.2) is 12.6 Å². The van der Waals surface area contributed by atoms with Crippen molar-refractivity contribution < 1.29 is 9.53 Å². The molecule has 0 heterocycles. The van der Waals surface area contributed by atoms with Crippen molar-refractivity contribution >= 4 is 28.3 Å². The van der Waals surface area contributed by atoms with E-state index in [0.29, 0.717) is 13.0 Å². The van der Waals surface area contributed by atoms with Crippen LogP contribution in [0.25, 0.3) is 10.8 Å². The molecule has 0 saturated carbocycles. The maximum absolute atomic E-state index is 11.3. The Hall–Kier alpha value is -1.54. The summed E-state index contributed by atoms with van der Waals surface area (Å²) in [4.78, 5) is 11.3. The fourth-order valence-electron chi connectivity index (χ4n) is 2.18. The standard InChI is InChI=1S/C16H17ClO2/c1-2-19-16(18)8-4-7-12-5-3-6-13-9-10-14(17)11-15(12)13/h3,5-6,9-11H,2,4,7-8H2,1H3. The third-order valence-corrected chi connectivity index (χ3v) is 3.30. The summed E-state index contributed by atoms with van der Waals surface area (Å²) >= 11 is 6.04. The van der Waals surface area contributed by atoms with E-state index in [1.54, 1.807) is 0 Å². The molecule has 0 aliphatic rings. The van der Waals surface area contributed by atoms with Crippen molar-refractivity contribution in [1.82, 2.24) is 0 Å². The van der Waals surface area contributed by atoms with Crippen LogP contribution in [-0.2, 0) is 16.0 Å². The molecule has 0 aromatic heterocycles. The first kappa shape index (κ1) is 13.9. The summed E-state index contributed by atoms with van der Waals surface area (Å²) in [6.07, 6.45) is 2.12. The molecule has 0 bridgehead atoms. The minimum atomic E-state index is -0.124. The average molecular weight is 277 g/mol. The predicted octanol–water partition coefficient (Wildman–Crippen LogP) is 4.38. The largest absolute Gasteiger partial charge is 0.466 e. The summed E-state index contributed by atoms with van der Waals surface area (Å²) < 4.78 is 4.93. The zero-order valence-corrected chi connectivity index (χ0v) is 11.7. The van der Waals surface area contributed by atoms with E-state index < -0.39 is 0 Å². The van der Waals surface area contributed by atoms with Crippen molar-refractivity contribution in [1.29, 1.82) is 0 Å². The molecule has 0 fully saturated rings. The van der Waals surface area contributed by atoms with Gasteiger partial charge in [0.05, 0.1) is 6.61 Å². The Morgan fingerprint density at radius 2 is 2.11 bits per heavy atom. The van der Waals surface area contributed by atoms with Crippen LogP contribution < -0.4 is 0 Å². The van der Waals surface area contributed by atoms with Gasteiger partial charge in [0, 0.05) is 11.4 Å². The molecule has 3 heteroatoms. The van der Waals surface area contributed by atoms with Gasteiger partial charge in [0.25, 0.3) is 0 Å². The monoisotopic (exact) mass is 276 g/mol. The van der Waals surface area contributed by atoms with E-state index in [1.807, 2.05) is 31.2 Å². The Morgan fingerprint density at radius 1 is 1.26 bits per heavy atom. The van der Waals surface area contributed by atoms with Crippen molar-refractivity contribution in [3.05, 3.63) is 47.0 Å². The zero-order chi connectivity index (χ0) is 13.7. The van der Waals surface area contributed by atoms with Gasteiger partial charge in [0.15, 0.2) is 0 Å². The smallest absolute Gasteiger partial charge is 0.305 e. The summed E-state index contributed by atoms with van der Waals surface area (Å²) in [5, 5.41) is 3.09. The van der Waals surface area contributed by atoms with Crippen LogP contribution in [0, 0.1) is 0 Å². The second kappa shape index (κ2) is 6.58. The van der Waals surface area contributed by atoms with Gasteiger partial charge in [0.1, 0.15) is 0 Å². The average Bonchev–Trinajstić information content (AvgIpc) is 2.39. The number of carbonyl (C=O) groups is 1. The molecule has 0 atom stereocenters. The number of halogens is 1. The first-order chi connectivity index (χ1) is 9.20. The maximum Gasteiger partial charge on any atom is 0.305 e. The van der Waals surface area contributed by atoms with Crippen LogP contribution in [0.15, 0.2) is 36.4 Å². The lowest BCUT2D eigenvalue weighted by molar-refractivity contribution is -0.143. The zero-order valence-electron chi connectivity index (χ0n) is 11.0. The van der Waals surface area contributed by atoms with Crippen LogP contribution >= 0.6 is 11.6 Å². The van der Waals surface area contributed by atoms with Crippen molar-refractivity contribution in [3.63, 3.8) is 0 Å². The van der Waals surface area contributed by atoms with Crippen LogP contribution in [0.2, 0.25) is 5.02 Å². The summed E-state index contributed by atoms with van der Waals surface area (Å²) in [7, 11) is 0. The van der Waals surface area contributed by atoms with Gasteiger partial charge in [-0.15, -0.1) is 0 Å². The number of benzene rings is 2. The number of hydrogen-bond acceptors (Lipinski definition) is 2. The molecule has 0 amide bonds. The van der Waals surface area contributed by atoms with Crippen molar-refractivity contribution in [3.8, 4) is 0 Å². The molecule has 2 aromatic carbocycles. The molecule has 2 aromatic rings. The van der Waals surface area contributed by atoms with Crippen molar-refractivity contribution in [2.24, 2.45) is 0 Å². The highest BCUT2D eigenvalue weighted by molar-refractivity contribution is 6.31. The van der Waals surface area contributed by atoms with Gasteiger partial charge in [-0.25, -0.2) is 0 Å². The van der Waals surface area contributed by atoms with Gasteiger partial charge in [-0.05, 0) is 48.2 Å². The van der Waals surface area contributed by atoms with E-state index >= 15 is 0 Å². The quantitative estimate of drug-likeness (QED) is 0.758. The van der Waals surface area contributed by atoms with E-state index in [2.05, 4.69) is 12.1 Å². The normalized spacial score (nSPS) is 10.6. The van der Waals surface area contributed by atoms with E-state index in [1.165, 1.54) is 16.3 Å². The lowest BCUT2D eigenvalue weighted by atomic mass is 10.0. The molecule has 0 aliphatic heterocycles. The van der Waals surface area contributed by atoms with E-state index in [-0.39, 0.29) is 5.97 Å². The number of fused-ring (bicyclic) bond motifs is 1. The highest BCUT2D eigenvalue weighted by atomic mass is 35.5. The first-order valence-electron chi connectivity index (χ1n) is 6.53. The molecule has 0 aliphatic carbocycles. The fourth-order valence-corrected chi connectivity index (χ4v) is 2.36. The Bertz CT molecular complexity index is 578. The van der Waals surface area contributed by atoms with Gasteiger partial charge >= 0.3 is 5.97 Å². The first-order valence-corrected chi connectivity index (χ1v) is 6.91. The minimum absolute atomic E-state index is 0.124. The number of aryl methyl sites for hydroxylation is 1. The molecule has 0 radical (unpaired) electrons. The molecular weight excluding hydrogens is 260 g/mol. The number of ether oxygens (including phenoxy) is 1. The number of rotatable bonds is 5. The second-order valence-corrected chi connectivity index (χ2v) is 4.88. The lowest BCUT2D eigenvalue weighted by Gasteiger charge is -2.07. The highest BCUT2D eigenvalue weighted by Gasteiger charge is 2.05. The molecule has 0 N–H and O–H groups in total. The Balaban J connectivity index is 2.08. The van der Waals surface area contributed by atoms with Crippen molar-refractivity contribution in [2.45, 2.75) is 26.2 Å². The van der Waals surface area contributed by atoms with E-state index in [9.17, 15) is 4.79 Å². The summed E-state index contributed by atoms with van der Waals surface area (Å²) in [6, 6.07) is 12.1. The van der Waals surface area contributed by atoms with Crippen molar-refractivity contribution in [2.75, 3.05) is 6.61 Å². The Morgan fingerprint density at radius 3 is 2.89 bits per heavy atom. The molecule has 2 rings (SSSR count). The van der Waals surface area contributed by atoms with Crippen LogP contribution in [0.5, 0.6) is 0 Å². The Labute approximate surface area is 118 Å². The third kappa shape index (κ3) is 3.71. The summed E-state index contributed by atoms with van der Waals surface area (Å²) in [5.41, 5.74) is 1.23. The van der Waals surface area contributed by atoms with Gasteiger partial charge in [0.2, 0.25) is 0 Å². The lowest BCUT2D eigenvalue weighted by Crippen LogP contribution is -2.04. The fraction of sp³-hybridized carbons (Fsp3) is 0.312. The van der Waals surface area contributed by atoms with Crippen LogP contribution in [0.3, 0.4) is 0 Å². The molecule has 100 valence electrons. The topological polar surface area (TPSA) is 26.3 Å². The van der Waals surface area contributed by atoms with E-state index in [4.69, 9.17) is 16.3 Å². The third-order valence-electron chi connectivity index (χ3n) is 3.07. The summed E-state index contributed by atoms with van der Waals surface area (Å²) in [5.74, 6) is -0.124. The summed E-state index contributed by atoms with van der Waals surface area (Å²) in [6.45, 7) is 2.27. The van der Waals surface area contributed by atoms with Gasteiger partial charge in [-0.2, -0.15) is 0 Å². The molecule has 2 nitrogen and oxygen atoms in total. The maximum atomic E-state index is 11.3. The van der Waals surface area contributed by atoms with Crippen LogP contribution in [0.1, 0.15) is 25.3 Å². The number of hydrogen-bond donors (Lipinski definition) is 0. The molecular formula is C16H17ClO2. The molecule has 19 heavy (non-hydrogen) atoms. The Kier molecular flexibility index (Phi) is 4.80. The predicted molar refractivity (Wildman–Crippen MR) is 78.5 cm³/mol. The van der Waals surface area contributed by atoms with Gasteiger partial charge in [-0.1, -0.05) is 35.9 Å². The highest BCUT2D eigenvalue weighted by Crippen LogP contribution is 2.24. The second-order valence-electron chi connectivity index (χ2n) is 4.44. The minimum Gasteiger partial charge on any atom is -0.466 e. The van der Waals surface area contributed by atoms with Gasteiger partial charge < -0.3 is 4.74 Å². The van der Waals surface area contributed by atoms with Crippen LogP contribution in [0.4, 0.5) is 0 Å². The number of esters is 1. The van der Waals surface area contributed by atoms with E-state index in [0.717, 1.165) is 17.9 Å². The molecule has 0 spiro atoms. The molecule has 0 unspecified atom stereocenters. The molecule has 0 saturated heterocycles. The number of carbonyl (C=O) groups excluding carboxylic acids is 1.